The van der Waals surface area contributed by atoms with Crippen LogP contribution >= 0.6 is 0 Å². The third-order valence-electron chi connectivity index (χ3n) is 2.38. The van der Waals surface area contributed by atoms with Gasteiger partial charge >= 0.3 is 0 Å². The van der Waals surface area contributed by atoms with Crippen LogP contribution in [0.1, 0.15) is 32.2 Å². The standard InChI is InChI=1S/C12H22FN3/c1-9-6-11(16(5)15-9)7-10(13)8-14-12(2,3)4/h6,10,14H,7-8H2,1-5H3. The van der Waals surface area contributed by atoms with Crippen molar-refractivity contribution in [2.24, 2.45) is 7.05 Å². The summed E-state index contributed by atoms with van der Waals surface area (Å²) in [6.45, 7) is 8.41. The Balaban J connectivity index is 2.45. The summed E-state index contributed by atoms with van der Waals surface area (Å²) in [4.78, 5) is 0. The number of aromatic nitrogens is 2. The second kappa shape index (κ2) is 4.95. The molecule has 4 heteroatoms. The average molecular weight is 227 g/mol. The zero-order chi connectivity index (χ0) is 12.3. The van der Waals surface area contributed by atoms with Gasteiger partial charge in [0.25, 0.3) is 0 Å². The van der Waals surface area contributed by atoms with Gasteiger partial charge in [0.15, 0.2) is 0 Å². The summed E-state index contributed by atoms with van der Waals surface area (Å²) < 4.78 is 15.5. The van der Waals surface area contributed by atoms with Crippen molar-refractivity contribution in [2.45, 2.75) is 45.8 Å². The second-order valence-corrected chi connectivity index (χ2v) is 5.33. The van der Waals surface area contributed by atoms with Crippen molar-refractivity contribution in [3.8, 4) is 0 Å². The molecule has 0 saturated carbocycles. The summed E-state index contributed by atoms with van der Waals surface area (Å²) in [5, 5.41) is 7.37. The number of nitrogens with zero attached hydrogens (tertiary/aromatic N) is 2. The summed E-state index contributed by atoms with van der Waals surface area (Å²) >= 11 is 0. The van der Waals surface area contributed by atoms with Crippen molar-refractivity contribution in [3.63, 3.8) is 0 Å². The van der Waals surface area contributed by atoms with Crippen LogP contribution in [-0.4, -0.2) is 28.0 Å². The molecule has 16 heavy (non-hydrogen) atoms. The highest BCUT2D eigenvalue weighted by molar-refractivity contribution is 5.09. The first-order valence-electron chi connectivity index (χ1n) is 5.66. The molecule has 1 heterocycles. The highest BCUT2D eigenvalue weighted by Crippen LogP contribution is 2.08. The van der Waals surface area contributed by atoms with E-state index in [2.05, 4.69) is 10.4 Å². The van der Waals surface area contributed by atoms with Gasteiger partial charge in [0.05, 0.1) is 5.69 Å². The zero-order valence-electron chi connectivity index (χ0n) is 10.8. The maximum absolute atomic E-state index is 13.7. The molecule has 1 rings (SSSR count). The van der Waals surface area contributed by atoms with Gasteiger partial charge in [0, 0.05) is 31.2 Å². The van der Waals surface area contributed by atoms with E-state index in [9.17, 15) is 4.39 Å². The minimum atomic E-state index is -0.867. The van der Waals surface area contributed by atoms with E-state index >= 15 is 0 Å². The van der Waals surface area contributed by atoms with Gasteiger partial charge in [-0.2, -0.15) is 5.10 Å². The van der Waals surface area contributed by atoms with Crippen LogP contribution in [-0.2, 0) is 13.5 Å². The highest BCUT2D eigenvalue weighted by atomic mass is 19.1. The maximum atomic E-state index is 13.7. The second-order valence-electron chi connectivity index (χ2n) is 5.33. The Labute approximate surface area is 97.0 Å². The Bertz CT molecular complexity index is 339. The Morgan fingerprint density at radius 2 is 2.12 bits per heavy atom. The van der Waals surface area contributed by atoms with E-state index in [1.807, 2.05) is 40.8 Å². The summed E-state index contributed by atoms with van der Waals surface area (Å²) in [6.07, 6.45) is -0.450. The van der Waals surface area contributed by atoms with Crippen LogP contribution in [0.25, 0.3) is 0 Å². The number of rotatable bonds is 4. The topological polar surface area (TPSA) is 29.9 Å². The van der Waals surface area contributed by atoms with E-state index in [-0.39, 0.29) is 5.54 Å². The van der Waals surface area contributed by atoms with Gasteiger partial charge in [-0.05, 0) is 33.8 Å². The molecule has 0 bridgehead atoms. The molecule has 1 aromatic rings. The monoisotopic (exact) mass is 227 g/mol. The fourth-order valence-corrected chi connectivity index (χ4v) is 1.57. The molecule has 0 aliphatic rings. The van der Waals surface area contributed by atoms with Crippen molar-refractivity contribution in [1.29, 1.82) is 0 Å². The Hall–Kier alpha value is -0.900. The van der Waals surface area contributed by atoms with E-state index < -0.39 is 6.17 Å². The molecule has 0 aromatic carbocycles. The average Bonchev–Trinajstić information content (AvgIpc) is 2.41. The molecule has 0 fully saturated rings. The van der Waals surface area contributed by atoms with Gasteiger partial charge in [0.1, 0.15) is 6.17 Å². The number of hydrogen-bond donors (Lipinski definition) is 1. The fraction of sp³-hybridized carbons (Fsp3) is 0.750. The van der Waals surface area contributed by atoms with Crippen LogP contribution in [0.3, 0.4) is 0 Å². The minimum Gasteiger partial charge on any atom is -0.309 e. The number of halogens is 1. The summed E-state index contributed by atoms with van der Waals surface area (Å²) in [7, 11) is 1.85. The number of alkyl halides is 1. The van der Waals surface area contributed by atoms with Gasteiger partial charge in [0.2, 0.25) is 0 Å². The lowest BCUT2D eigenvalue weighted by Gasteiger charge is -2.22. The van der Waals surface area contributed by atoms with Crippen LogP contribution in [0.5, 0.6) is 0 Å². The van der Waals surface area contributed by atoms with Crippen LogP contribution in [0.15, 0.2) is 6.07 Å². The molecule has 0 aliphatic heterocycles. The Kier molecular flexibility index (Phi) is 4.08. The number of aryl methyl sites for hydroxylation is 2. The predicted octanol–water partition coefficient (Wildman–Crippen LogP) is 2.00. The molecular weight excluding hydrogens is 205 g/mol. The highest BCUT2D eigenvalue weighted by Gasteiger charge is 2.15. The molecule has 3 nitrogen and oxygen atoms in total. The molecule has 1 atom stereocenters. The first-order chi connectivity index (χ1) is 7.28. The van der Waals surface area contributed by atoms with Crippen LogP contribution in [0.2, 0.25) is 0 Å². The summed E-state index contributed by atoms with van der Waals surface area (Å²) in [5.74, 6) is 0. The van der Waals surface area contributed by atoms with Gasteiger partial charge in [-0.25, -0.2) is 4.39 Å². The molecule has 1 N–H and O–H groups in total. The molecule has 0 radical (unpaired) electrons. The zero-order valence-corrected chi connectivity index (χ0v) is 10.8. The van der Waals surface area contributed by atoms with E-state index in [0.717, 1.165) is 11.4 Å². The minimum absolute atomic E-state index is 0.0350. The van der Waals surface area contributed by atoms with Gasteiger partial charge in [-0.1, -0.05) is 0 Å². The van der Waals surface area contributed by atoms with Gasteiger partial charge in [-0.3, -0.25) is 4.68 Å². The largest absolute Gasteiger partial charge is 0.309 e. The van der Waals surface area contributed by atoms with E-state index in [1.165, 1.54) is 0 Å². The molecule has 92 valence electrons. The van der Waals surface area contributed by atoms with Crippen molar-refractivity contribution in [2.75, 3.05) is 6.54 Å². The van der Waals surface area contributed by atoms with Crippen LogP contribution in [0, 0.1) is 6.92 Å². The lowest BCUT2D eigenvalue weighted by molar-refractivity contribution is 0.281. The van der Waals surface area contributed by atoms with Gasteiger partial charge < -0.3 is 5.32 Å². The van der Waals surface area contributed by atoms with Crippen molar-refractivity contribution >= 4 is 0 Å². The molecule has 0 aliphatic carbocycles. The smallest absolute Gasteiger partial charge is 0.118 e. The SMILES string of the molecule is Cc1cc(CC(F)CNC(C)(C)C)n(C)n1. The molecule has 0 spiro atoms. The van der Waals surface area contributed by atoms with E-state index in [1.54, 1.807) is 4.68 Å². The first kappa shape index (κ1) is 13.2. The first-order valence-corrected chi connectivity index (χ1v) is 5.66. The van der Waals surface area contributed by atoms with Crippen LogP contribution in [0.4, 0.5) is 4.39 Å². The lowest BCUT2D eigenvalue weighted by atomic mass is 10.1. The maximum Gasteiger partial charge on any atom is 0.118 e. The Morgan fingerprint density at radius 1 is 1.50 bits per heavy atom. The third-order valence-corrected chi connectivity index (χ3v) is 2.38. The summed E-state index contributed by atoms with van der Waals surface area (Å²) in [6, 6.07) is 1.93. The lowest BCUT2D eigenvalue weighted by Crippen LogP contribution is -2.40. The van der Waals surface area contributed by atoms with Crippen molar-refractivity contribution in [1.82, 2.24) is 15.1 Å². The van der Waals surface area contributed by atoms with Gasteiger partial charge in [-0.15, -0.1) is 0 Å². The van der Waals surface area contributed by atoms with E-state index in [0.29, 0.717) is 13.0 Å². The van der Waals surface area contributed by atoms with E-state index in [4.69, 9.17) is 0 Å². The molecule has 0 amide bonds. The third kappa shape index (κ3) is 4.31. The normalized spacial score (nSPS) is 14.1. The van der Waals surface area contributed by atoms with Crippen molar-refractivity contribution < 1.29 is 4.39 Å². The summed E-state index contributed by atoms with van der Waals surface area (Å²) in [5.41, 5.74) is 1.85. The van der Waals surface area contributed by atoms with Crippen molar-refractivity contribution in [3.05, 3.63) is 17.5 Å². The van der Waals surface area contributed by atoms with Crippen LogP contribution < -0.4 is 5.32 Å². The fourth-order valence-electron chi connectivity index (χ4n) is 1.57. The number of hydrogen-bond acceptors (Lipinski definition) is 2. The molecule has 1 unspecified atom stereocenters. The molecule has 0 saturated heterocycles. The Morgan fingerprint density at radius 3 is 2.56 bits per heavy atom. The predicted molar refractivity (Wildman–Crippen MR) is 64.3 cm³/mol. The molecule has 1 aromatic heterocycles. The quantitative estimate of drug-likeness (QED) is 0.852. The molecular formula is C12H22FN3. The number of nitrogens with one attached hydrogen (secondary N) is 1.